The van der Waals surface area contributed by atoms with E-state index in [-0.39, 0.29) is 0 Å². The summed E-state index contributed by atoms with van der Waals surface area (Å²) in [6, 6.07) is -0.873. The van der Waals surface area contributed by atoms with Crippen LogP contribution in [0.1, 0.15) is 46.5 Å². The van der Waals surface area contributed by atoms with Gasteiger partial charge in [-0.25, -0.2) is 9.59 Å². The number of methoxy groups -OCH3 is 1. The summed E-state index contributed by atoms with van der Waals surface area (Å²) < 4.78 is 9.54. The van der Waals surface area contributed by atoms with Gasteiger partial charge < -0.3 is 14.8 Å². The van der Waals surface area contributed by atoms with Gasteiger partial charge in [-0.1, -0.05) is 19.3 Å². The molecule has 6 nitrogen and oxygen atoms in total. The Morgan fingerprint density at radius 1 is 1.25 bits per heavy atom. The zero-order valence-corrected chi connectivity index (χ0v) is 12.5. The summed E-state index contributed by atoms with van der Waals surface area (Å²) in [4.78, 5) is 35.0. The lowest BCUT2D eigenvalue weighted by Gasteiger charge is -2.29. The molecule has 0 spiro atoms. The Balaban J connectivity index is 2.63. The first kappa shape index (κ1) is 16.5. The summed E-state index contributed by atoms with van der Waals surface area (Å²) in [5.41, 5.74) is -0.653. The van der Waals surface area contributed by atoms with E-state index in [9.17, 15) is 14.4 Å². The molecule has 1 rings (SSSR count). The van der Waals surface area contributed by atoms with Crippen LogP contribution >= 0.6 is 0 Å². The first-order valence-electron chi connectivity index (χ1n) is 6.84. The van der Waals surface area contributed by atoms with E-state index in [0.717, 1.165) is 26.4 Å². The molecule has 114 valence electrons. The van der Waals surface area contributed by atoms with Crippen LogP contribution in [0.15, 0.2) is 0 Å². The number of hydrogen-bond donors (Lipinski definition) is 1. The van der Waals surface area contributed by atoms with Crippen molar-refractivity contribution in [2.24, 2.45) is 5.92 Å². The van der Waals surface area contributed by atoms with Gasteiger partial charge in [0.05, 0.1) is 7.11 Å². The lowest BCUT2D eigenvalue weighted by Crippen LogP contribution is -2.47. The van der Waals surface area contributed by atoms with Gasteiger partial charge in [0.15, 0.2) is 0 Å². The summed E-state index contributed by atoms with van der Waals surface area (Å²) >= 11 is 0. The van der Waals surface area contributed by atoms with Crippen molar-refractivity contribution >= 4 is 17.8 Å². The monoisotopic (exact) mass is 285 g/mol. The average Bonchev–Trinajstić information content (AvgIpc) is 2.27. The van der Waals surface area contributed by atoms with Crippen LogP contribution in [0.5, 0.6) is 0 Å². The van der Waals surface area contributed by atoms with Crippen molar-refractivity contribution in [2.45, 2.75) is 58.1 Å². The molecule has 1 atom stereocenters. The van der Waals surface area contributed by atoms with E-state index in [1.165, 1.54) is 0 Å². The van der Waals surface area contributed by atoms with E-state index in [0.29, 0.717) is 12.3 Å². The Morgan fingerprint density at radius 3 is 2.25 bits per heavy atom. The average molecular weight is 285 g/mol. The summed E-state index contributed by atoms with van der Waals surface area (Å²) in [5, 5.41) is 2.48. The van der Waals surface area contributed by atoms with E-state index in [4.69, 9.17) is 4.74 Å². The Morgan fingerprint density at radius 2 is 1.85 bits per heavy atom. The highest BCUT2D eigenvalue weighted by Crippen LogP contribution is 2.30. The van der Waals surface area contributed by atoms with Gasteiger partial charge in [0.25, 0.3) is 5.78 Å². The van der Waals surface area contributed by atoms with Crippen LogP contribution in [0.2, 0.25) is 0 Å². The van der Waals surface area contributed by atoms with Crippen LogP contribution in [0, 0.1) is 5.92 Å². The largest absolute Gasteiger partial charge is 0.463 e. The molecule has 0 aliphatic heterocycles. The molecule has 0 aromatic carbocycles. The van der Waals surface area contributed by atoms with E-state index < -0.39 is 29.5 Å². The van der Waals surface area contributed by atoms with Gasteiger partial charge in [0.2, 0.25) is 0 Å². The van der Waals surface area contributed by atoms with Crippen LogP contribution in [-0.2, 0) is 19.1 Å². The molecule has 0 aromatic rings. The molecule has 6 heteroatoms. The lowest BCUT2D eigenvalue weighted by atomic mass is 9.80. The maximum absolute atomic E-state index is 11.9. The quantitative estimate of drug-likeness (QED) is 0.615. The van der Waals surface area contributed by atoms with Crippen molar-refractivity contribution < 1.29 is 23.9 Å². The minimum Gasteiger partial charge on any atom is -0.463 e. The third-order valence-corrected chi connectivity index (χ3v) is 3.19. The van der Waals surface area contributed by atoms with Gasteiger partial charge in [-0.3, -0.25) is 4.79 Å². The normalized spacial score (nSPS) is 16.8. The number of carbonyl (C=O) groups excluding carboxylic acids is 3. The van der Waals surface area contributed by atoms with Crippen molar-refractivity contribution in [2.75, 3.05) is 7.11 Å². The van der Waals surface area contributed by atoms with Crippen LogP contribution in [0.25, 0.3) is 0 Å². The van der Waals surface area contributed by atoms with E-state index >= 15 is 0 Å². The maximum atomic E-state index is 11.9. The number of rotatable bonds is 5. The summed E-state index contributed by atoms with van der Waals surface area (Å²) in [7, 11) is 1.15. The number of amides is 1. The molecule has 0 aromatic heterocycles. The predicted octanol–water partition coefficient (Wildman–Crippen LogP) is 1.81. The molecule has 0 heterocycles. The highest BCUT2D eigenvalue weighted by atomic mass is 16.6. The summed E-state index contributed by atoms with van der Waals surface area (Å²) in [5.74, 6) is -1.31. The van der Waals surface area contributed by atoms with Crippen LogP contribution in [-0.4, -0.2) is 36.6 Å². The predicted molar refractivity (Wildman–Crippen MR) is 72.1 cm³/mol. The number of ketones is 1. The molecule has 20 heavy (non-hydrogen) atoms. The standard InChI is InChI=1S/C14H23NO5/c1-14(2,3)20-13(18)15-10(8-9-6-5-7-9)11(16)12(17)19-4/h9-10H,5-8H2,1-4H3,(H,15,18). The van der Waals surface area contributed by atoms with Gasteiger partial charge >= 0.3 is 12.1 Å². The Bertz CT molecular complexity index is 382. The van der Waals surface area contributed by atoms with Gasteiger partial charge in [-0.05, 0) is 33.1 Å². The second-order valence-corrected chi connectivity index (χ2v) is 6.09. The fourth-order valence-electron chi connectivity index (χ4n) is 1.99. The van der Waals surface area contributed by atoms with Gasteiger partial charge in [0, 0.05) is 0 Å². The van der Waals surface area contributed by atoms with E-state index in [1.54, 1.807) is 20.8 Å². The molecule has 1 N–H and O–H groups in total. The molecule has 0 radical (unpaired) electrons. The van der Waals surface area contributed by atoms with Crippen molar-refractivity contribution in [1.82, 2.24) is 5.32 Å². The Labute approximate surface area is 119 Å². The van der Waals surface area contributed by atoms with E-state index in [2.05, 4.69) is 10.1 Å². The van der Waals surface area contributed by atoms with Crippen LogP contribution in [0.3, 0.4) is 0 Å². The Hall–Kier alpha value is -1.59. The minimum atomic E-state index is -0.939. The van der Waals surface area contributed by atoms with Crippen molar-refractivity contribution in [3.63, 3.8) is 0 Å². The number of Topliss-reactive ketones (excluding diaryl/α,β-unsaturated/α-hetero) is 1. The van der Waals surface area contributed by atoms with Crippen molar-refractivity contribution in [3.8, 4) is 0 Å². The fraction of sp³-hybridized carbons (Fsp3) is 0.786. The molecule has 1 aliphatic rings. The smallest absolute Gasteiger partial charge is 0.408 e. The number of nitrogens with one attached hydrogen (secondary N) is 1. The summed E-state index contributed by atoms with van der Waals surface area (Å²) in [6.07, 6.45) is 2.91. The topological polar surface area (TPSA) is 81.7 Å². The first-order chi connectivity index (χ1) is 9.23. The number of carbonyl (C=O) groups is 3. The van der Waals surface area contributed by atoms with Crippen LogP contribution in [0.4, 0.5) is 4.79 Å². The Kier molecular flexibility index (Phi) is 5.53. The second-order valence-electron chi connectivity index (χ2n) is 6.09. The number of esters is 1. The highest BCUT2D eigenvalue weighted by Gasteiger charge is 2.33. The first-order valence-corrected chi connectivity index (χ1v) is 6.84. The lowest BCUT2D eigenvalue weighted by molar-refractivity contribution is -0.152. The number of hydrogen-bond acceptors (Lipinski definition) is 5. The fourth-order valence-corrected chi connectivity index (χ4v) is 1.99. The molecule has 1 unspecified atom stereocenters. The molecule has 0 bridgehead atoms. The molecular formula is C14H23NO5. The minimum absolute atomic E-state index is 0.364. The van der Waals surface area contributed by atoms with Crippen LogP contribution < -0.4 is 5.32 Å². The zero-order valence-electron chi connectivity index (χ0n) is 12.5. The molecule has 0 saturated heterocycles. The van der Waals surface area contributed by atoms with Gasteiger partial charge in [0.1, 0.15) is 11.6 Å². The van der Waals surface area contributed by atoms with E-state index in [1.807, 2.05) is 0 Å². The third kappa shape index (κ3) is 5.19. The number of ether oxygens (including phenoxy) is 2. The van der Waals surface area contributed by atoms with Crippen molar-refractivity contribution in [3.05, 3.63) is 0 Å². The maximum Gasteiger partial charge on any atom is 0.408 e. The SMILES string of the molecule is COC(=O)C(=O)C(CC1CCC1)NC(=O)OC(C)(C)C. The highest BCUT2D eigenvalue weighted by molar-refractivity contribution is 6.35. The molecule has 1 aliphatic carbocycles. The van der Waals surface area contributed by atoms with Gasteiger partial charge in [-0.15, -0.1) is 0 Å². The van der Waals surface area contributed by atoms with Gasteiger partial charge in [-0.2, -0.15) is 0 Å². The molecular weight excluding hydrogens is 262 g/mol. The zero-order chi connectivity index (χ0) is 15.3. The summed E-state index contributed by atoms with van der Waals surface area (Å²) in [6.45, 7) is 5.20. The number of alkyl carbamates (subject to hydrolysis) is 1. The molecule has 1 fully saturated rings. The molecule has 1 saturated carbocycles. The molecule has 1 amide bonds. The van der Waals surface area contributed by atoms with Crippen molar-refractivity contribution in [1.29, 1.82) is 0 Å². The second kappa shape index (κ2) is 6.72. The third-order valence-electron chi connectivity index (χ3n) is 3.19.